The molecule has 0 aromatic heterocycles. The largest absolute Gasteiger partial charge is 0.382 e. The molecule has 0 amide bonds. The normalized spacial score (nSPS) is 12.5. The van der Waals surface area contributed by atoms with Gasteiger partial charge in [-0.3, -0.25) is 14.5 Å². The van der Waals surface area contributed by atoms with Crippen molar-refractivity contribution in [1.82, 2.24) is 4.90 Å². The maximum absolute atomic E-state index is 12.2. The van der Waals surface area contributed by atoms with Crippen LogP contribution in [0.25, 0.3) is 0 Å². The molecular formula is C23H29NO4. The van der Waals surface area contributed by atoms with E-state index in [1.54, 1.807) is 24.3 Å². The minimum absolute atomic E-state index is 0.0717. The Bertz CT molecular complexity index is 769. The van der Waals surface area contributed by atoms with Gasteiger partial charge in [-0.2, -0.15) is 0 Å². The number of nitrogens with zero attached hydrogens (tertiary/aromatic N) is 1. The number of carbonyl (C=O) groups excluding carboxylic acids is 2. The number of hydrogen-bond donors (Lipinski definition) is 2. The van der Waals surface area contributed by atoms with E-state index in [0.29, 0.717) is 11.1 Å². The van der Waals surface area contributed by atoms with E-state index in [-0.39, 0.29) is 17.6 Å². The van der Waals surface area contributed by atoms with Crippen LogP contribution in [0.15, 0.2) is 48.5 Å². The van der Waals surface area contributed by atoms with Gasteiger partial charge in [0, 0.05) is 11.1 Å². The predicted molar refractivity (Wildman–Crippen MR) is 110 cm³/mol. The number of carbonyl (C=O) groups is 2. The summed E-state index contributed by atoms with van der Waals surface area (Å²) in [4.78, 5) is 26.5. The fourth-order valence-corrected chi connectivity index (χ4v) is 3.13. The van der Waals surface area contributed by atoms with Gasteiger partial charge in [-0.25, -0.2) is 0 Å². The Kier molecular flexibility index (Phi) is 6.24. The average Bonchev–Trinajstić information content (AvgIpc) is 2.60. The topological polar surface area (TPSA) is 77.8 Å². The van der Waals surface area contributed by atoms with Gasteiger partial charge in [0.15, 0.2) is 11.6 Å². The number of ketones is 2. The number of benzene rings is 2. The third-order valence-corrected chi connectivity index (χ3v) is 4.60. The lowest BCUT2D eigenvalue weighted by Gasteiger charge is -2.26. The lowest BCUT2D eigenvalue weighted by atomic mass is 9.91. The zero-order valence-corrected chi connectivity index (χ0v) is 17.4. The Hall–Kier alpha value is -2.34. The maximum Gasteiger partial charge on any atom is 0.193 e. The Morgan fingerprint density at radius 2 is 1.00 bits per heavy atom. The van der Waals surface area contributed by atoms with E-state index in [1.165, 1.54) is 27.7 Å². The van der Waals surface area contributed by atoms with Crippen LogP contribution in [-0.2, 0) is 0 Å². The zero-order valence-electron chi connectivity index (χ0n) is 17.4. The van der Waals surface area contributed by atoms with Crippen LogP contribution in [0, 0.1) is 0 Å². The molecule has 28 heavy (non-hydrogen) atoms. The van der Waals surface area contributed by atoms with E-state index in [0.717, 1.165) is 11.1 Å². The van der Waals surface area contributed by atoms with Gasteiger partial charge in [-0.15, -0.1) is 0 Å². The molecule has 2 rings (SSSR count). The van der Waals surface area contributed by atoms with Crippen molar-refractivity contribution in [3.05, 3.63) is 70.8 Å². The summed E-state index contributed by atoms with van der Waals surface area (Å²) in [7, 11) is 3.91. The van der Waals surface area contributed by atoms with Crippen LogP contribution in [0.4, 0.5) is 0 Å². The van der Waals surface area contributed by atoms with Crippen molar-refractivity contribution in [1.29, 1.82) is 0 Å². The summed E-state index contributed by atoms with van der Waals surface area (Å²) in [6, 6.07) is 14.3. The Labute approximate surface area is 166 Å². The molecule has 0 radical (unpaired) electrons. The van der Waals surface area contributed by atoms with Gasteiger partial charge in [0.2, 0.25) is 0 Å². The smallest absolute Gasteiger partial charge is 0.193 e. The Morgan fingerprint density at radius 1 is 0.714 bits per heavy atom. The summed E-state index contributed by atoms with van der Waals surface area (Å²) in [5.74, 6) is -0.648. The lowest BCUT2D eigenvalue weighted by molar-refractivity contribution is 0.0487. The summed E-state index contributed by atoms with van der Waals surface area (Å²) in [6.07, 6.45) is 0. The van der Waals surface area contributed by atoms with Gasteiger partial charge < -0.3 is 10.2 Å². The van der Waals surface area contributed by atoms with Crippen LogP contribution in [0.5, 0.6) is 0 Å². The van der Waals surface area contributed by atoms with Crippen molar-refractivity contribution < 1.29 is 19.8 Å². The van der Waals surface area contributed by atoms with Crippen LogP contribution in [0.3, 0.4) is 0 Å². The second-order valence-corrected chi connectivity index (χ2v) is 8.39. The standard InChI is InChI=1S/C23H29NO4/c1-22(2,27)20(25)17-11-7-15(8-12-17)19(24(5)6)16-9-13-18(14-10-16)21(26)23(3,4)28/h7-14,19,27-28H,1-6H3. The van der Waals surface area contributed by atoms with Crippen LogP contribution in [0.1, 0.15) is 65.6 Å². The molecule has 0 atom stereocenters. The number of hydrogen-bond acceptors (Lipinski definition) is 5. The van der Waals surface area contributed by atoms with Crippen molar-refractivity contribution >= 4 is 11.6 Å². The Morgan fingerprint density at radius 3 is 1.21 bits per heavy atom. The van der Waals surface area contributed by atoms with Crippen LogP contribution < -0.4 is 0 Å². The van der Waals surface area contributed by atoms with Gasteiger partial charge >= 0.3 is 0 Å². The molecule has 2 N–H and O–H groups in total. The quantitative estimate of drug-likeness (QED) is 0.718. The number of aliphatic hydroxyl groups is 2. The first-order chi connectivity index (χ1) is 12.8. The number of Topliss-reactive ketones (excluding diaryl/α,β-unsaturated/α-hetero) is 2. The molecule has 150 valence electrons. The predicted octanol–water partition coefficient (Wildman–Crippen LogP) is 3.24. The van der Waals surface area contributed by atoms with E-state index in [4.69, 9.17) is 0 Å². The highest BCUT2D eigenvalue weighted by molar-refractivity contribution is 6.02. The first kappa shape index (κ1) is 22.0. The molecule has 2 aromatic rings. The fourth-order valence-electron chi connectivity index (χ4n) is 3.13. The summed E-state index contributed by atoms with van der Waals surface area (Å²) in [5, 5.41) is 19.8. The molecular weight excluding hydrogens is 354 g/mol. The van der Waals surface area contributed by atoms with E-state index >= 15 is 0 Å². The van der Waals surface area contributed by atoms with E-state index in [9.17, 15) is 19.8 Å². The summed E-state index contributed by atoms with van der Waals surface area (Å²) >= 11 is 0. The highest BCUT2D eigenvalue weighted by atomic mass is 16.3. The highest BCUT2D eigenvalue weighted by Crippen LogP contribution is 2.28. The molecule has 0 spiro atoms. The summed E-state index contributed by atoms with van der Waals surface area (Å²) in [6.45, 7) is 5.90. The molecule has 0 aliphatic rings. The molecule has 2 aromatic carbocycles. The maximum atomic E-state index is 12.2. The average molecular weight is 383 g/mol. The van der Waals surface area contributed by atoms with Gasteiger partial charge in [0.25, 0.3) is 0 Å². The second-order valence-electron chi connectivity index (χ2n) is 8.39. The van der Waals surface area contributed by atoms with E-state index in [2.05, 4.69) is 0 Å². The zero-order chi connectivity index (χ0) is 21.3. The SMILES string of the molecule is CN(C)C(c1ccc(C(=O)C(C)(C)O)cc1)c1ccc(C(=O)C(C)(C)O)cc1. The minimum Gasteiger partial charge on any atom is -0.382 e. The molecule has 0 aliphatic heterocycles. The number of rotatable bonds is 7. The van der Waals surface area contributed by atoms with Crippen molar-refractivity contribution in [2.45, 2.75) is 44.9 Å². The van der Waals surface area contributed by atoms with Crippen molar-refractivity contribution in [3.8, 4) is 0 Å². The summed E-state index contributed by atoms with van der Waals surface area (Å²) < 4.78 is 0. The molecule has 0 fully saturated rings. The van der Waals surface area contributed by atoms with Gasteiger partial charge in [0.1, 0.15) is 11.2 Å². The molecule has 0 aliphatic carbocycles. The molecule has 5 nitrogen and oxygen atoms in total. The second kappa shape index (κ2) is 7.95. The summed E-state index contributed by atoms with van der Waals surface area (Å²) in [5.41, 5.74) is 0.0638. The molecule has 0 saturated heterocycles. The highest BCUT2D eigenvalue weighted by Gasteiger charge is 2.27. The Balaban J connectivity index is 2.34. The van der Waals surface area contributed by atoms with Gasteiger partial charge in [-0.1, -0.05) is 48.5 Å². The van der Waals surface area contributed by atoms with Gasteiger partial charge in [0.05, 0.1) is 6.04 Å². The van der Waals surface area contributed by atoms with E-state index < -0.39 is 11.2 Å². The van der Waals surface area contributed by atoms with Crippen molar-refractivity contribution in [2.24, 2.45) is 0 Å². The lowest BCUT2D eigenvalue weighted by Crippen LogP contribution is -2.31. The first-order valence-corrected chi connectivity index (χ1v) is 9.23. The van der Waals surface area contributed by atoms with Crippen LogP contribution >= 0.6 is 0 Å². The minimum atomic E-state index is -1.41. The van der Waals surface area contributed by atoms with Crippen LogP contribution in [0.2, 0.25) is 0 Å². The first-order valence-electron chi connectivity index (χ1n) is 9.23. The van der Waals surface area contributed by atoms with E-state index in [1.807, 2.05) is 43.3 Å². The van der Waals surface area contributed by atoms with Crippen molar-refractivity contribution in [3.63, 3.8) is 0 Å². The molecule has 0 heterocycles. The fraction of sp³-hybridized carbons (Fsp3) is 0.391. The van der Waals surface area contributed by atoms with Crippen LogP contribution in [-0.4, -0.2) is 52.0 Å². The van der Waals surface area contributed by atoms with Crippen molar-refractivity contribution in [2.75, 3.05) is 14.1 Å². The van der Waals surface area contributed by atoms with Gasteiger partial charge in [-0.05, 0) is 52.9 Å². The third-order valence-electron chi connectivity index (χ3n) is 4.60. The third kappa shape index (κ3) is 4.93. The molecule has 0 unspecified atom stereocenters. The monoisotopic (exact) mass is 383 g/mol. The molecule has 0 saturated carbocycles. The molecule has 5 heteroatoms. The molecule has 0 bridgehead atoms.